The molecule has 3 aliphatic rings. The fourth-order valence-electron chi connectivity index (χ4n) is 3.66. The average Bonchev–Trinajstić information content (AvgIpc) is 2.66. The second-order valence-electron chi connectivity index (χ2n) is 7.06. The van der Waals surface area contributed by atoms with Gasteiger partial charge >= 0.3 is 0 Å². The van der Waals surface area contributed by atoms with E-state index in [1.54, 1.807) is 17.0 Å². The molecule has 4 rings (SSSR count). The predicted octanol–water partition coefficient (Wildman–Crippen LogP) is 2.41. The zero-order valence-corrected chi connectivity index (χ0v) is 14.5. The van der Waals surface area contributed by atoms with Crippen LogP contribution in [0.5, 0.6) is 0 Å². The fourth-order valence-corrected chi connectivity index (χ4v) is 3.66. The number of rotatable bonds is 3. The summed E-state index contributed by atoms with van der Waals surface area (Å²) >= 11 is 0. The summed E-state index contributed by atoms with van der Waals surface area (Å²) in [5.41, 5.74) is 1.89. The van der Waals surface area contributed by atoms with Crippen LogP contribution in [-0.4, -0.2) is 60.9 Å². The average molecular weight is 360 g/mol. The van der Waals surface area contributed by atoms with Gasteiger partial charge in [-0.2, -0.15) is 0 Å². The van der Waals surface area contributed by atoms with Crippen LogP contribution in [0.4, 0.5) is 14.5 Å². The molecule has 1 aromatic rings. The number of carbonyl (C=O) groups excluding carboxylic acids is 1. The summed E-state index contributed by atoms with van der Waals surface area (Å²) < 4.78 is 26.1. The largest absolute Gasteiger partial charge is 0.369 e. The van der Waals surface area contributed by atoms with E-state index in [4.69, 9.17) is 0 Å². The van der Waals surface area contributed by atoms with E-state index >= 15 is 0 Å². The molecular weight excluding hydrogens is 338 g/mol. The number of allylic oxidation sites excluding steroid dienone is 1. The van der Waals surface area contributed by atoms with E-state index in [0.29, 0.717) is 6.67 Å². The maximum absolute atomic E-state index is 13.1. The molecule has 2 saturated heterocycles. The van der Waals surface area contributed by atoms with Gasteiger partial charge in [-0.25, -0.2) is 8.78 Å². The maximum Gasteiger partial charge on any atom is 0.226 e. The zero-order chi connectivity index (χ0) is 18.1. The van der Waals surface area contributed by atoms with Crippen molar-refractivity contribution in [3.63, 3.8) is 0 Å². The van der Waals surface area contributed by atoms with Crippen molar-refractivity contribution >= 4 is 17.8 Å². The zero-order valence-electron chi connectivity index (χ0n) is 14.5. The molecule has 0 aliphatic carbocycles. The van der Waals surface area contributed by atoms with Crippen LogP contribution in [0.2, 0.25) is 0 Å². The van der Waals surface area contributed by atoms with Gasteiger partial charge in [-0.15, -0.1) is 0 Å². The van der Waals surface area contributed by atoms with Gasteiger partial charge in [0, 0.05) is 37.1 Å². The number of nitrogens with zero attached hydrogens (tertiary/aromatic N) is 4. The molecule has 0 saturated carbocycles. The molecule has 0 bridgehead atoms. The van der Waals surface area contributed by atoms with Gasteiger partial charge in [0.05, 0.1) is 18.8 Å². The number of alkyl halides is 1. The Hall–Kier alpha value is -2.44. The first-order valence-electron chi connectivity index (χ1n) is 9.02. The minimum atomic E-state index is -0.847. The molecule has 0 aromatic heterocycles. The van der Waals surface area contributed by atoms with Gasteiger partial charge < -0.3 is 14.7 Å². The lowest BCUT2D eigenvalue weighted by molar-refractivity contribution is -0.144. The molecule has 138 valence electrons. The van der Waals surface area contributed by atoms with Crippen molar-refractivity contribution in [3.05, 3.63) is 42.0 Å². The molecule has 0 radical (unpaired) electrons. The molecule has 2 fully saturated rings. The second kappa shape index (κ2) is 7.05. The Morgan fingerprint density at radius 2 is 1.81 bits per heavy atom. The molecular formula is C19H22F2N4O. The minimum Gasteiger partial charge on any atom is -0.369 e. The predicted molar refractivity (Wildman–Crippen MR) is 96.1 cm³/mol. The Labute approximate surface area is 151 Å². The number of carbonyl (C=O) groups is 1. The number of halogens is 2. The highest BCUT2D eigenvalue weighted by Gasteiger charge is 2.36. The molecule has 1 aromatic carbocycles. The monoisotopic (exact) mass is 360 g/mol. The van der Waals surface area contributed by atoms with Crippen molar-refractivity contribution in [3.8, 4) is 0 Å². The highest BCUT2D eigenvalue weighted by atomic mass is 19.1. The number of hydrogen-bond acceptors (Lipinski definition) is 4. The summed E-state index contributed by atoms with van der Waals surface area (Å²) in [7, 11) is 0. The number of piperidine rings is 1. The third-order valence-corrected chi connectivity index (χ3v) is 5.26. The number of benzene rings is 1. The lowest BCUT2D eigenvalue weighted by Gasteiger charge is -2.40. The smallest absolute Gasteiger partial charge is 0.226 e. The molecule has 0 spiro atoms. The summed E-state index contributed by atoms with van der Waals surface area (Å²) in [6.07, 6.45) is 4.57. The number of likely N-dealkylation sites (tertiary alicyclic amines) is 2. The Bertz CT molecular complexity index is 720. The molecule has 0 unspecified atom stereocenters. The first-order valence-corrected chi connectivity index (χ1v) is 9.02. The van der Waals surface area contributed by atoms with Gasteiger partial charge in [0.2, 0.25) is 5.91 Å². The van der Waals surface area contributed by atoms with Crippen molar-refractivity contribution in [1.29, 1.82) is 0 Å². The van der Waals surface area contributed by atoms with Crippen LogP contribution < -0.4 is 4.90 Å². The first-order chi connectivity index (χ1) is 12.6. The Morgan fingerprint density at radius 1 is 1.12 bits per heavy atom. The molecule has 3 aliphatic heterocycles. The van der Waals surface area contributed by atoms with E-state index < -0.39 is 6.17 Å². The molecule has 26 heavy (non-hydrogen) atoms. The second-order valence-corrected chi connectivity index (χ2v) is 7.06. The summed E-state index contributed by atoms with van der Waals surface area (Å²) in [6.45, 7) is 2.56. The third kappa shape index (κ3) is 3.43. The van der Waals surface area contributed by atoms with E-state index in [0.717, 1.165) is 37.3 Å². The van der Waals surface area contributed by atoms with Crippen LogP contribution in [0.25, 0.3) is 0 Å². The van der Waals surface area contributed by atoms with Crippen LogP contribution >= 0.6 is 0 Å². The number of anilines is 1. The molecule has 7 heteroatoms. The van der Waals surface area contributed by atoms with Crippen molar-refractivity contribution < 1.29 is 13.6 Å². The number of amides is 1. The normalized spacial score (nSPS) is 21.6. The SMILES string of the molecule is O=C(C1CCN(C2=CN(c3ccc(F)cc3)CN=C2)CC1)N1CC(F)C1. The van der Waals surface area contributed by atoms with E-state index in [1.165, 1.54) is 12.1 Å². The van der Waals surface area contributed by atoms with E-state index in [-0.39, 0.29) is 30.7 Å². The van der Waals surface area contributed by atoms with Gasteiger partial charge in [0.1, 0.15) is 18.7 Å². The van der Waals surface area contributed by atoms with Crippen LogP contribution in [0, 0.1) is 11.7 Å². The van der Waals surface area contributed by atoms with Gasteiger partial charge in [-0.05, 0) is 37.1 Å². The highest BCUT2D eigenvalue weighted by Crippen LogP contribution is 2.26. The fraction of sp³-hybridized carbons (Fsp3) is 0.474. The van der Waals surface area contributed by atoms with Gasteiger partial charge in [-0.3, -0.25) is 9.79 Å². The highest BCUT2D eigenvalue weighted by molar-refractivity contribution is 5.81. The van der Waals surface area contributed by atoms with Crippen LogP contribution in [-0.2, 0) is 4.79 Å². The topological polar surface area (TPSA) is 39.2 Å². The summed E-state index contributed by atoms with van der Waals surface area (Å²) in [5, 5.41) is 0. The molecule has 5 nitrogen and oxygen atoms in total. The third-order valence-electron chi connectivity index (χ3n) is 5.26. The van der Waals surface area contributed by atoms with E-state index in [2.05, 4.69) is 9.89 Å². The van der Waals surface area contributed by atoms with Gasteiger partial charge in [0.15, 0.2) is 0 Å². The van der Waals surface area contributed by atoms with E-state index in [9.17, 15) is 13.6 Å². The summed E-state index contributed by atoms with van der Waals surface area (Å²) in [6, 6.07) is 6.35. The molecule has 3 heterocycles. The lowest BCUT2D eigenvalue weighted by atomic mass is 9.93. The minimum absolute atomic E-state index is 0.00641. The molecule has 1 amide bonds. The molecule has 0 atom stereocenters. The maximum atomic E-state index is 13.1. The number of aliphatic imine (C=N–C) groups is 1. The van der Waals surface area contributed by atoms with E-state index in [1.807, 2.05) is 17.3 Å². The van der Waals surface area contributed by atoms with Crippen molar-refractivity contribution in [2.45, 2.75) is 19.0 Å². The summed E-state index contributed by atoms with van der Waals surface area (Å²) in [5.74, 6) is -0.169. The first kappa shape index (κ1) is 17.0. The van der Waals surface area contributed by atoms with Crippen LogP contribution in [0.1, 0.15) is 12.8 Å². The quantitative estimate of drug-likeness (QED) is 0.831. The Morgan fingerprint density at radius 3 is 2.46 bits per heavy atom. The molecule has 0 N–H and O–H groups in total. The van der Waals surface area contributed by atoms with Crippen molar-refractivity contribution in [2.75, 3.05) is 37.7 Å². The number of hydrogen-bond donors (Lipinski definition) is 0. The van der Waals surface area contributed by atoms with Crippen LogP contribution in [0.3, 0.4) is 0 Å². The van der Waals surface area contributed by atoms with Crippen LogP contribution in [0.15, 0.2) is 41.2 Å². The lowest BCUT2D eigenvalue weighted by Crippen LogP contribution is -2.54. The Kier molecular flexibility index (Phi) is 4.61. The standard InChI is InChI=1S/C19H22F2N4O/c20-15-1-3-17(4-2-15)25-12-18(9-22-13-25)23-7-5-14(6-8-23)19(26)24-10-16(21)11-24/h1-4,9,12,14,16H,5-8,10-11,13H2. The van der Waals surface area contributed by atoms with Gasteiger partial charge in [0.25, 0.3) is 0 Å². The van der Waals surface area contributed by atoms with Gasteiger partial charge in [-0.1, -0.05) is 0 Å². The summed E-state index contributed by atoms with van der Waals surface area (Å²) in [4.78, 5) is 22.6. The Balaban J connectivity index is 1.36. The van der Waals surface area contributed by atoms with Crippen molar-refractivity contribution in [2.24, 2.45) is 10.9 Å². The van der Waals surface area contributed by atoms with Crippen molar-refractivity contribution in [1.82, 2.24) is 9.80 Å².